The summed E-state index contributed by atoms with van der Waals surface area (Å²) in [7, 11) is 0. The van der Waals surface area contributed by atoms with Crippen LogP contribution in [0.3, 0.4) is 0 Å². The topological polar surface area (TPSA) is 56.7 Å². The maximum atomic E-state index is 5.67. The number of hydrogen-bond donors (Lipinski definition) is 1. The molecule has 0 aliphatic heterocycles. The molecule has 0 unspecified atom stereocenters. The van der Waals surface area contributed by atoms with E-state index < -0.39 is 0 Å². The number of anilines is 1. The summed E-state index contributed by atoms with van der Waals surface area (Å²) in [6, 6.07) is 4.20. The third-order valence-corrected chi connectivity index (χ3v) is 2.84. The second-order valence-corrected chi connectivity index (χ2v) is 4.57. The maximum Gasteiger partial charge on any atom is 0.123 e. The van der Waals surface area contributed by atoms with Crippen molar-refractivity contribution in [3.8, 4) is 11.1 Å². The predicted molar refractivity (Wildman–Crippen MR) is 69.7 cm³/mol. The van der Waals surface area contributed by atoms with Crippen molar-refractivity contribution in [3.05, 3.63) is 29.7 Å². The van der Waals surface area contributed by atoms with Crippen LogP contribution in [0.4, 0.5) is 5.82 Å². The summed E-state index contributed by atoms with van der Waals surface area (Å²) in [5, 5.41) is 4.51. The number of aromatic nitrogens is 3. The molecule has 2 N–H and O–H groups in total. The lowest BCUT2D eigenvalue weighted by Crippen LogP contribution is -2.00. The van der Waals surface area contributed by atoms with Crippen LogP contribution in [0.25, 0.3) is 11.1 Å². The standard InChI is InChI=1S/C13H18N4/c1-8(2)17-7-12(10(4)16-17)11-5-6-13(14)15-9(11)3/h5-8H,1-4H3,(H2,14,15). The maximum absolute atomic E-state index is 5.67. The Kier molecular flexibility index (Phi) is 2.88. The molecule has 2 heterocycles. The Bertz CT molecular complexity index is 540. The number of nitrogens with two attached hydrogens (primary N) is 1. The van der Waals surface area contributed by atoms with Gasteiger partial charge in [0.1, 0.15) is 5.82 Å². The van der Waals surface area contributed by atoms with Crippen LogP contribution < -0.4 is 5.73 Å². The van der Waals surface area contributed by atoms with Crippen LogP contribution in [0, 0.1) is 13.8 Å². The molecule has 0 saturated carbocycles. The molecule has 0 aliphatic rings. The summed E-state index contributed by atoms with van der Waals surface area (Å²) in [5.74, 6) is 0.556. The largest absolute Gasteiger partial charge is 0.384 e. The number of rotatable bonds is 2. The van der Waals surface area contributed by atoms with E-state index in [4.69, 9.17) is 5.73 Å². The quantitative estimate of drug-likeness (QED) is 0.863. The van der Waals surface area contributed by atoms with Crippen molar-refractivity contribution in [3.63, 3.8) is 0 Å². The van der Waals surface area contributed by atoms with Gasteiger partial charge in [0.05, 0.1) is 5.69 Å². The molecule has 2 rings (SSSR count). The highest BCUT2D eigenvalue weighted by Crippen LogP contribution is 2.26. The van der Waals surface area contributed by atoms with Gasteiger partial charge < -0.3 is 5.73 Å². The Morgan fingerprint density at radius 2 is 1.82 bits per heavy atom. The van der Waals surface area contributed by atoms with Gasteiger partial charge in [0.25, 0.3) is 0 Å². The molecule has 0 radical (unpaired) electrons. The fourth-order valence-corrected chi connectivity index (χ4v) is 1.88. The highest BCUT2D eigenvalue weighted by Gasteiger charge is 2.11. The fourth-order valence-electron chi connectivity index (χ4n) is 1.88. The zero-order valence-corrected chi connectivity index (χ0v) is 10.7. The van der Waals surface area contributed by atoms with Crippen molar-refractivity contribution in [2.75, 3.05) is 5.73 Å². The van der Waals surface area contributed by atoms with Crippen molar-refractivity contribution >= 4 is 5.82 Å². The number of pyridine rings is 1. The molecule has 0 atom stereocenters. The Labute approximate surface area is 101 Å². The molecule has 0 aliphatic carbocycles. The van der Waals surface area contributed by atoms with Crippen molar-refractivity contribution in [2.24, 2.45) is 0 Å². The fraction of sp³-hybridized carbons (Fsp3) is 0.385. The summed E-state index contributed by atoms with van der Waals surface area (Å²) >= 11 is 0. The Morgan fingerprint density at radius 1 is 1.12 bits per heavy atom. The first-order chi connectivity index (χ1) is 7.99. The van der Waals surface area contributed by atoms with Gasteiger partial charge >= 0.3 is 0 Å². The minimum absolute atomic E-state index is 0.365. The van der Waals surface area contributed by atoms with Gasteiger partial charge in [0.2, 0.25) is 0 Å². The second kappa shape index (κ2) is 4.20. The van der Waals surface area contributed by atoms with Gasteiger partial charge in [0, 0.05) is 29.1 Å². The number of hydrogen-bond acceptors (Lipinski definition) is 3. The highest BCUT2D eigenvalue weighted by molar-refractivity contribution is 5.68. The number of nitrogen functional groups attached to an aromatic ring is 1. The van der Waals surface area contributed by atoms with Crippen molar-refractivity contribution in [2.45, 2.75) is 33.7 Å². The van der Waals surface area contributed by atoms with Crippen LogP contribution in [0.2, 0.25) is 0 Å². The second-order valence-electron chi connectivity index (χ2n) is 4.57. The Balaban J connectivity index is 2.52. The SMILES string of the molecule is Cc1nc(N)ccc1-c1cn(C(C)C)nc1C. The van der Waals surface area contributed by atoms with E-state index >= 15 is 0 Å². The van der Waals surface area contributed by atoms with Gasteiger partial charge in [-0.25, -0.2) is 4.98 Å². The summed E-state index contributed by atoms with van der Waals surface area (Å²) in [4.78, 5) is 4.29. The molecule has 0 fully saturated rings. The van der Waals surface area contributed by atoms with Crippen molar-refractivity contribution < 1.29 is 0 Å². The molecule has 0 spiro atoms. The van der Waals surface area contributed by atoms with Gasteiger partial charge in [-0.3, -0.25) is 4.68 Å². The van der Waals surface area contributed by atoms with E-state index in [2.05, 4.69) is 30.1 Å². The lowest BCUT2D eigenvalue weighted by Gasteiger charge is -2.05. The first-order valence-electron chi connectivity index (χ1n) is 5.78. The smallest absolute Gasteiger partial charge is 0.123 e. The van der Waals surface area contributed by atoms with Crippen LogP contribution in [-0.2, 0) is 0 Å². The minimum atomic E-state index is 0.365. The van der Waals surface area contributed by atoms with E-state index in [1.54, 1.807) is 0 Å². The average molecular weight is 230 g/mol. The highest BCUT2D eigenvalue weighted by atomic mass is 15.3. The molecule has 17 heavy (non-hydrogen) atoms. The average Bonchev–Trinajstić information content (AvgIpc) is 2.61. The molecule has 4 heteroatoms. The third-order valence-electron chi connectivity index (χ3n) is 2.84. The van der Waals surface area contributed by atoms with Crippen LogP contribution >= 0.6 is 0 Å². The molecular weight excluding hydrogens is 212 g/mol. The van der Waals surface area contributed by atoms with Gasteiger partial charge in [-0.05, 0) is 39.8 Å². The zero-order valence-electron chi connectivity index (χ0n) is 10.7. The first kappa shape index (κ1) is 11.6. The van der Waals surface area contributed by atoms with Crippen LogP contribution in [0.15, 0.2) is 18.3 Å². The van der Waals surface area contributed by atoms with Gasteiger partial charge in [-0.15, -0.1) is 0 Å². The summed E-state index contributed by atoms with van der Waals surface area (Å²) in [5.41, 5.74) is 9.86. The monoisotopic (exact) mass is 230 g/mol. The normalized spacial score (nSPS) is 11.1. The molecule has 0 saturated heterocycles. The molecule has 0 bridgehead atoms. The summed E-state index contributed by atoms with van der Waals surface area (Å²) in [6.07, 6.45) is 2.07. The van der Waals surface area contributed by atoms with E-state index in [1.807, 2.05) is 30.7 Å². The summed E-state index contributed by atoms with van der Waals surface area (Å²) in [6.45, 7) is 8.22. The molecule has 0 aromatic carbocycles. The third kappa shape index (κ3) is 2.16. The van der Waals surface area contributed by atoms with E-state index in [0.29, 0.717) is 11.9 Å². The molecule has 2 aromatic rings. The van der Waals surface area contributed by atoms with E-state index in [0.717, 1.165) is 22.5 Å². The van der Waals surface area contributed by atoms with Gasteiger partial charge in [-0.2, -0.15) is 5.10 Å². The van der Waals surface area contributed by atoms with E-state index in [-0.39, 0.29) is 0 Å². The van der Waals surface area contributed by atoms with E-state index in [9.17, 15) is 0 Å². The Morgan fingerprint density at radius 3 is 2.35 bits per heavy atom. The number of nitrogens with zero attached hydrogens (tertiary/aromatic N) is 3. The van der Waals surface area contributed by atoms with Crippen molar-refractivity contribution in [1.29, 1.82) is 0 Å². The molecule has 4 nitrogen and oxygen atoms in total. The first-order valence-corrected chi connectivity index (χ1v) is 5.78. The van der Waals surface area contributed by atoms with Gasteiger partial charge in [0.15, 0.2) is 0 Å². The lowest BCUT2D eigenvalue weighted by atomic mass is 10.1. The zero-order chi connectivity index (χ0) is 12.6. The molecule has 0 amide bonds. The molecule has 2 aromatic heterocycles. The van der Waals surface area contributed by atoms with E-state index in [1.165, 1.54) is 0 Å². The minimum Gasteiger partial charge on any atom is -0.384 e. The van der Waals surface area contributed by atoms with Crippen LogP contribution in [-0.4, -0.2) is 14.8 Å². The molecular formula is C13H18N4. The Hall–Kier alpha value is -1.84. The lowest BCUT2D eigenvalue weighted by molar-refractivity contribution is 0.529. The molecule has 90 valence electrons. The van der Waals surface area contributed by atoms with Crippen molar-refractivity contribution in [1.82, 2.24) is 14.8 Å². The number of aryl methyl sites for hydroxylation is 2. The van der Waals surface area contributed by atoms with Crippen LogP contribution in [0.1, 0.15) is 31.3 Å². The predicted octanol–water partition coefficient (Wildman–Crippen LogP) is 2.73. The van der Waals surface area contributed by atoms with Gasteiger partial charge in [-0.1, -0.05) is 0 Å². The summed E-state index contributed by atoms with van der Waals surface area (Å²) < 4.78 is 1.97. The van der Waals surface area contributed by atoms with Crippen LogP contribution in [0.5, 0.6) is 0 Å².